The van der Waals surface area contributed by atoms with E-state index in [1.807, 2.05) is 12.2 Å². The summed E-state index contributed by atoms with van der Waals surface area (Å²) in [5.74, 6) is -1.55. The zero-order chi connectivity index (χ0) is 20.0. The fourth-order valence-electron chi connectivity index (χ4n) is 4.16. The van der Waals surface area contributed by atoms with Gasteiger partial charge in [-0.3, -0.25) is 20.2 Å². The fraction of sp³-hybridized carbons (Fsp3) is 0.211. The molecule has 9 nitrogen and oxygen atoms in total. The van der Waals surface area contributed by atoms with E-state index >= 15 is 0 Å². The van der Waals surface area contributed by atoms with Gasteiger partial charge in [0.1, 0.15) is 0 Å². The number of rotatable bonds is 4. The second kappa shape index (κ2) is 6.45. The quantitative estimate of drug-likeness (QED) is 0.463. The van der Waals surface area contributed by atoms with Gasteiger partial charge in [0.25, 0.3) is 11.4 Å². The van der Waals surface area contributed by atoms with Crippen molar-refractivity contribution < 1.29 is 19.7 Å². The molecule has 1 aliphatic carbocycles. The molecule has 0 fully saturated rings. The van der Waals surface area contributed by atoms with Crippen molar-refractivity contribution >= 4 is 23.0 Å². The minimum absolute atomic E-state index is 0.0359. The monoisotopic (exact) mass is 381 g/mol. The molecule has 0 aromatic heterocycles. The van der Waals surface area contributed by atoms with Crippen LogP contribution in [0, 0.1) is 26.1 Å². The van der Waals surface area contributed by atoms with Crippen molar-refractivity contribution in [1.82, 2.24) is 0 Å². The molecule has 0 bridgehead atoms. The average Bonchev–Trinajstić information content (AvgIpc) is 3.16. The normalized spacial score (nSPS) is 22.1. The zero-order valence-electron chi connectivity index (χ0n) is 14.4. The van der Waals surface area contributed by atoms with Crippen molar-refractivity contribution in [3.05, 3.63) is 85.5 Å². The number of aromatic carboxylic acids is 1. The Morgan fingerprint density at radius 2 is 1.79 bits per heavy atom. The topological polar surface area (TPSA) is 136 Å². The molecule has 0 saturated heterocycles. The zero-order valence-corrected chi connectivity index (χ0v) is 14.4. The highest BCUT2D eigenvalue weighted by Gasteiger charge is 2.43. The summed E-state index contributed by atoms with van der Waals surface area (Å²) in [6.45, 7) is 0. The maximum atomic E-state index is 11.7. The lowest BCUT2D eigenvalue weighted by Gasteiger charge is -2.37. The molecule has 0 amide bonds. The van der Waals surface area contributed by atoms with E-state index in [2.05, 4.69) is 5.32 Å². The third-order valence-corrected chi connectivity index (χ3v) is 5.39. The van der Waals surface area contributed by atoms with Crippen LogP contribution in [0.3, 0.4) is 0 Å². The molecule has 4 rings (SSSR count). The molecule has 0 spiro atoms. The van der Waals surface area contributed by atoms with E-state index in [0.29, 0.717) is 12.0 Å². The minimum Gasteiger partial charge on any atom is -0.478 e. The van der Waals surface area contributed by atoms with Crippen LogP contribution in [0.1, 0.15) is 39.9 Å². The number of hydrogen-bond acceptors (Lipinski definition) is 6. The molecule has 2 aliphatic rings. The van der Waals surface area contributed by atoms with E-state index in [-0.39, 0.29) is 40.5 Å². The summed E-state index contributed by atoms with van der Waals surface area (Å²) in [6, 6.07) is 8.21. The number of non-ortho nitro benzene ring substituents is 1. The van der Waals surface area contributed by atoms with Gasteiger partial charge >= 0.3 is 5.97 Å². The largest absolute Gasteiger partial charge is 0.478 e. The highest BCUT2D eigenvalue weighted by Crippen LogP contribution is 2.53. The highest BCUT2D eigenvalue weighted by molar-refractivity contribution is 5.97. The molecule has 142 valence electrons. The van der Waals surface area contributed by atoms with Gasteiger partial charge in [-0.15, -0.1) is 0 Å². The molecule has 1 heterocycles. The molecule has 0 radical (unpaired) electrons. The third kappa shape index (κ3) is 2.68. The third-order valence-electron chi connectivity index (χ3n) is 5.39. The van der Waals surface area contributed by atoms with Gasteiger partial charge in [0, 0.05) is 24.1 Å². The summed E-state index contributed by atoms with van der Waals surface area (Å²) in [4.78, 5) is 33.2. The number of nitrogens with zero attached hydrogens (tertiary/aromatic N) is 2. The Kier molecular flexibility index (Phi) is 4.07. The summed E-state index contributed by atoms with van der Waals surface area (Å²) in [5, 5.41) is 35.2. The van der Waals surface area contributed by atoms with Crippen LogP contribution >= 0.6 is 0 Å². The van der Waals surface area contributed by atoms with Gasteiger partial charge in [-0.05, 0) is 24.0 Å². The van der Waals surface area contributed by atoms with Gasteiger partial charge in [-0.1, -0.05) is 24.3 Å². The summed E-state index contributed by atoms with van der Waals surface area (Å²) in [7, 11) is 0. The number of anilines is 1. The van der Waals surface area contributed by atoms with Crippen molar-refractivity contribution in [2.45, 2.75) is 18.4 Å². The first-order chi connectivity index (χ1) is 13.4. The Labute approximate surface area is 158 Å². The van der Waals surface area contributed by atoms with Crippen LogP contribution in [0.5, 0.6) is 0 Å². The van der Waals surface area contributed by atoms with Crippen LogP contribution < -0.4 is 5.32 Å². The van der Waals surface area contributed by atoms with E-state index in [0.717, 1.165) is 5.56 Å². The summed E-state index contributed by atoms with van der Waals surface area (Å²) in [5.41, 5.74) is 1.18. The average molecular weight is 381 g/mol. The summed E-state index contributed by atoms with van der Waals surface area (Å²) >= 11 is 0. The first-order valence-electron chi connectivity index (χ1n) is 8.60. The van der Waals surface area contributed by atoms with Crippen LogP contribution in [0.2, 0.25) is 0 Å². The Morgan fingerprint density at radius 3 is 2.39 bits per heavy atom. The summed E-state index contributed by atoms with van der Waals surface area (Å²) < 4.78 is 0. The van der Waals surface area contributed by atoms with E-state index in [1.165, 1.54) is 24.3 Å². The molecule has 3 unspecified atom stereocenters. The second-order valence-electron chi connectivity index (χ2n) is 6.81. The number of nitrogens with one attached hydrogen (secondary N) is 1. The van der Waals surface area contributed by atoms with Crippen molar-refractivity contribution in [2.75, 3.05) is 5.32 Å². The Morgan fingerprint density at radius 1 is 1.07 bits per heavy atom. The number of carbonyl (C=O) groups is 1. The molecule has 2 N–H and O–H groups in total. The van der Waals surface area contributed by atoms with Gasteiger partial charge in [0.05, 0.1) is 32.7 Å². The lowest BCUT2D eigenvalue weighted by atomic mass is 9.75. The molecule has 2 aromatic carbocycles. The van der Waals surface area contributed by atoms with E-state index < -0.39 is 15.8 Å². The Balaban J connectivity index is 1.86. The number of benzene rings is 2. The predicted octanol–water partition coefficient (Wildman–Crippen LogP) is 4.03. The second-order valence-corrected chi connectivity index (χ2v) is 6.81. The van der Waals surface area contributed by atoms with Gasteiger partial charge in [-0.2, -0.15) is 0 Å². The van der Waals surface area contributed by atoms with Crippen LogP contribution in [0.25, 0.3) is 0 Å². The first kappa shape index (κ1) is 17.7. The molecule has 1 aliphatic heterocycles. The van der Waals surface area contributed by atoms with E-state index in [1.54, 1.807) is 12.1 Å². The van der Waals surface area contributed by atoms with E-state index in [9.17, 15) is 30.1 Å². The SMILES string of the molecule is O=C(O)c1ccc([N+](=O)[O-])c2c1NC(c1ccc([N+](=O)[O-])cc1)C1CC=CC21. The van der Waals surface area contributed by atoms with Crippen molar-refractivity contribution in [3.63, 3.8) is 0 Å². The van der Waals surface area contributed by atoms with Gasteiger partial charge in [0.15, 0.2) is 0 Å². The molecular weight excluding hydrogens is 366 g/mol. The van der Waals surface area contributed by atoms with Crippen molar-refractivity contribution in [1.29, 1.82) is 0 Å². The van der Waals surface area contributed by atoms with Crippen LogP contribution in [0.15, 0.2) is 48.6 Å². The van der Waals surface area contributed by atoms with Crippen LogP contribution in [0.4, 0.5) is 17.1 Å². The standard InChI is InChI=1S/C19H15N3O6/c23-19(24)14-8-9-15(22(27)28)16-12-2-1-3-13(12)17(20-18(14)16)10-4-6-11(7-5-10)21(25)26/h1-2,4-9,12-13,17,20H,3H2,(H,23,24). The first-order valence-corrected chi connectivity index (χ1v) is 8.60. The highest BCUT2D eigenvalue weighted by atomic mass is 16.6. The fourth-order valence-corrected chi connectivity index (χ4v) is 4.16. The van der Waals surface area contributed by atoms with Gasteiger partial charge in [0.2, 0.25) is 0 Å². The van der Waals surface area contributed by atoms with E-state index in [4.69, 9.17) is 0 Å². The number of nitro groups is 2. The molecule has 3 atom stereocenters. The number of nitro benzene ring substituents is 2. The number of carboxylic acids is 1. The lowest BCUT2D eigenvalue weighted by Crippen LogP contribution is -2.31. The molecular formula is C19H15N3O6. The van der Waals surface area contributed by atoms with Crippen molar-refractivity contribution in [2.24, 2.45) is 5.92 Å². The summed E-state index contributed by atoms with van der Waals surface area (Å²) in [6.07, 6.45) is 4.47. The molecule has 28 heavy (non-hydrogen) atoms. The maximum Gasteiger partial charge on any atom is 0.337 e. The lowest BCUT2D eigenvalue weighted by molar-refractivity contribution is -0.385. The number of allylic oxidation sites excluding steroid dienone is 2. The minimum atomic E-state index is -1.18. The number of hydrogen-bond donors (Lipinski definition) is 2. The number of carboxylic acid groups (broad SMARTS) is 1. The maximum absolute atomic E-state index is 11.7. The van der Waals surface area contributed by atoms with Gasteiger partial charge in [-0.25, -0.2) is 4.79 Å². The molecule has 9 heteroatoms. The smallest absolute Gasteiger partial charge is 0.337 e. The van der Waals surface area contributed by atoms with Gasteiger partial charge < -0.3 is 10.4 Å². The molecule has 0 saturated carbocycles. The Bertz CT molecular complexity index is 1030. The van der Waals surface area contributed by atoms with Crippen LogP contribution in [-0.4, -0.2) is 20.9 Å². The molecule has 2 aromatic rings. The van der Waals surface area contributed by atoms with Crippen LogP contribution in [-0.2, 0) is 0 Å². The Hall–Kier alpha value is -3.75. The predicted molar refractivity (Wildman–Crippen MR) is 99.5 cm³/mol. The number of fused-ring (bicyclic) bond motifs is 3. The van der Waals surface area contributed by atoms with Crippen molar-refractivity contribution in [3.8, 4) is 0 Å².